The van der Waals surface area contributed by atoms with Gasteiger partial charge in [0.05, 0.1) is 61.7 Å². The maximum absolute atomic E-state index is 4.33. The lowest BCUT2D eigenvalue weighted by Gasteiger charge is -2.35. The van der Waals surface area contributed by atoms with Crippen LogP contribution in [0.2, 0.25) is 0 Å². The van der Waals surface area contributed by atoms with Crippen LogP contribution >= 0.6 is 0 Å². The van der Waals surface area contributed by atoms with Crippen LogP contribution < -0.4 is 53.2 Å². The van der Waals surface area contributed by atoms with Gasteiger partial charge in [-0.1, -0.05) is 64.2 Å². The lowest BCUT2D eigenvalue weighted by Crippen LogP contribution is -2.61. The zero-order valence-electron chi connectivity index (χ0n) is 30.7. The standard InChI is InChI=1S/C40H70N10/c1-2-12-22-21(11-1)31-41-32(22)47-34-25-15-5-6-16-26(25)36(43-34)49-38-29-19-9-10-20-30(29)40(45-38)50-39-28-18-8-7-17-27(28)37(44-39)48-35-24-14-4-3-13-23(24)33(42-35)46-31/h21-50H,1-20H2. The molecule has 280 valence electrons. The van der Waals surface area contributed by atoms with Crippen LogP contribution in [0.1, 0.15) is 128 Å². The number of nitrogens with one attached hydrogen (secondary N) is 10. The van der Waals surface area contributed by atoms with Crippen molar-refractivity contribution in [2.75, 3.05) is 0 Å². The molecule has 10 bridgehead atoms. The van der Waals surface area contributed by atoms with Crippen molar-refractivity contribution in [1.82, 2.24) is 53.2 Å². The summed E-state index contributed by atoms with van der Waals surface area (Å²) in [6.45, 7) is 0. The van der Waals surface area contributed by atoms with E-state index >= 15 is 0 Å². The van der Waals surface area contributed by atoms with Crippen LogP contribution in [0, 0.1) is 59.2 Å². The Kier molecular flexibility index (Phi) is 9.05. The predicted octanol–water partition coefficient (Wildman–Crippen LogP) is 3.26. The summed E-state index contributed by atoms with van der Waals surface area (Å²) in [6, 6.07) is 0. The molecule has 10 N–H and O–H groups in total. The molecular formula is C40H70N10. The van der Waals surface area contributed by atoms with Crippen molar-refractivity contribution in [2.24, 2.45) is 59.2 Å². The number of fused-ring (bicyclic) bond motifs is 25. The highest BCUT2D eigenvalue weighted by molar-refractivity contribution is 5.09. The summed E-state index contributed by atoms with van der Waals surface area (Å²) < 4.78 is 0. The third kappa shape index (κ3) is 5.71. The Bertz CT molecular complexity index is 916. The van der Waals surface area contributed by atoms with E-state index in [9.17, 15) is 0 Å². The minimum absolute atomic E-state index is 0.392. The second-order valence-electron chi connectivity index (χ2n) is 19.5. The SMILES string of the molecule is C1CCC2C3NC(NC4NC(NC5NC(NC6NC(NC7NC(N3)C3CCCCC73)C3CCCCC63)C3CCCCC53)C3CCCCC43)C2C1. The molecular weight excluding hydrogens is 621 g/mol. The summed E-state index contributed by atoms with van der Waals surface area (Å²) >= 11 is 0. The smallest absolute Gasteiger partial charge is 0.0628 e. The third-order valence-electron chi connectivity index (χ3n) is 17.2. The van der Waals surface area contributed by atoms with Crippen LogP contribution in [0.5, 0.6) is 0 Å². The fraction of sp³-hybridized carbons (Fsp3) is 1.00. The molecule has 10 atom stereocenters. The molecule has 11 aliphatic rings. The Morgan fingerprint density at radius 2 is 0.260 bits per heavy atom. The largest absolute Gasteiger partial charge is 0.286 e. The number of hydrogen-bond acceptors (Lipinski definition) is 10. The highest BCUT2D eigenvalue weighted by Gasteiger charge is 2.55. The number of hydrogen-bond donors (Lipinski definition) is 10. The second-order valence-corrected chi connectivity index (χ2v) is 19.5. The van der Waals surface area contributed by atoms with Crippen LogP contribution in [0.4, 0.5) is 0 Å². The average Bonchev–Trinajstić information content (AvgIpc) is 3.96. The van der Waals surface area contributed by atoms with Gasteiger partial charge in [0, 0.05) is 0 Å². The van der Waals surface area contributed by atoms with Crippen LogP contribution in [0.25, 0.3) is 0 Å². The fourth-order valence-electron chi connectivity index (χ4n) is 15.0. The van der Waals surface area contributed by atoms with Gasteiger partial charge in [0.1, 0.15) is 0 Å². The van der Waals surface area contributed by atoms with Crippen molar-refractivity contribution in [3.05, 3.63) is 0 Å². The van der Waals surface area contributed by atoms with Gasteiger partial charge in [0.15, 0.2) is 0 Å². The van der Waals surface area contributed by atoms with Gasteiger partial charge in [-0.15, -0.1) is 0 Å². The average molecular weight is 691 g/mol. The Morgan fingerprint density at radius 1 is 0.160 bits per heavy atom. The summed E-state index contributed by atoms with van der Waals surface area (Å²) in [7, 11) is 0. The highest BCUT2D eigenvalue weighted by atomic mass is 15.4. The Hall–Kier alpha value is -0.400. The first-order chi connectivity index (χ1) is 24.7. The van der Waals surface area contributed by atoms with E-state index in [2.05, 4.69) is 53.2 Å². The van der Waals surface area contributed by atoms with Gasteiger partial charge < -0.3 is 0 Å². The summed E-state index contributed by atoms with van der Waals surface area (Å²) in [5.41, 5.74) is 0. The highest BCUT2D eigenvalue weighted by Crippen LogP contribution is 2.46. The van der Waals surface area contributed by atoms with E-state index in [1.807, 2.05) is 0 Å². The molecule has 0 spiro atoms. The van der Waals surface area contributed by atoms with Gasteiger partial charge in [-0.2, -0.15) is 0 Å². The molecule has 0 radical (unpaired) electrons. The van der Waals surface area contributed by atoms with Crippen LogP contribution in [0.3, 0.4) is 0 Å². The van der Waals surface area contributed by atoms with Gasteiger partial charge in [-0.05, 0) is 123 Å². The van der Waals surface area contributed by atoms with E-state index in [1.54, 1.807) is 0 Å². The molecule has 6 aliphatic heterocycles. The molecule has 6 heterocycles. The molecule has 0 aromatic carbocycles. The maximum atomic E-state index is 4.33. The van der Waals surface area contributed by atoms with E-state index in [1.165, 1.54) is 128 Å². The van der Waals surface area contributed by atoms with Crippen LogP contribution in [-0.2, 0) is 0 Å². The normalized spacial score (nSPS) is 57.6. The predicted molar refractivity (Wildman–Crippen MR) is 196 cm³/mol. The van der Waals surface area contributed by atoms with E-state index in [0.29, 0.717) is 61.7 Å². The molecule has 11 rings (SSSR count). The molecule has 5 aliphatic carbocycles. The van der Waals surface area contributed by atoms with E-state index in [4.69, 9.17) is 0 Å². The van der Waals surface area contributed by atoms with Gasteiger partial charge in [0.25, 0.3) is 0 Å². The topological polar surface area (TPSA) is 120 Å². The lowest BCUT2D eigenvalue weighted by atomic mass is 9.77. The Morgan fingerprint density at radius 3 is 0.360 bits per heavy atom. The van der Waals surface area contributed by atoms with Crippen molar-refractivity contribution in [3.63, 3.8) is 0 Å². The van der Waals surface area contributed by atoms with E-state index in [0.717, 1.165) is 59.2 Å². The quantitative estimate of drug-likeness (QED) is 0.186. The molecule has 50 heavy (non-hydrogen) atoms. The molecule has 10 heteroatoms. The van der Waals surface area contributed by atoms with E-state index < -0.39 is 0 Å². The molecule has 0 aromatic rings. The van der Waals surface area contributed by atoms with Crippen molar-refractivity contribution in [3.8, 4) is 0 Å². The molecule has 10 unspecified atom stereocenters. The molecule has 10 nitrogen and oxygen atoms in total. The molecule has 5 saturated carbocycles. The minimum atomic E-state index is 0.392. The van der Waals surface area contributed by atoms with Gasteiger partial charge in [0.2, 0.25) is 0 Å². The summed E-state index contributed by atoms with van der Waals surface area (Å²) in [5.74, 6) is 7.20. The second kappa shape index (κ2) is 13.7. The van der Waals surface area contributed by atoms with E-state index in [-0.39, 0.29) is 0 Å². The minimum Gasteiger partial charge on any atom is -0.286 e. The first-order valence-electron chi connectivity index (χ1n) is 22.4. The molecule has 11 fully saturated rings. The third-order valence-corrected chi connectivity index (χ3v) is 17.2. The van der Waals surface area contributed by atoms with Crippen molar-refractivity contribution in [1.29, 1.82) is 0 Å². The summed E-state index contributed by atoms with van der Waals surface area (Å²) in [5, 5.41) is 43.0. The Balaban J connectivity index is 0.927. The summed E-state index contributed by atoms with van der Waals surface area (Å²) in [6.07, 6.45) is 31.5. The molecule has 0 amide bonds. The van der Waals surface area contributed by atoms with Gasteiger partial charge in [-0.3, -0.25) is 53.2 Å². The van der Waals surface area contributed by atoms with Crippen molar-refractivity contribution < 1.29 is 0 Å². The Labute approximate surface area is 301 Å². The lowest BCUT2D eigenvalue weighted by molar-refractivity contribution is 0.171. The summed E-state index contributed by atoms with van der Waals surface area (Å²) in [4.78, 5) is 0. The first kappa shape index (κ1) is 33.0. The first-order valence-corrected chi connectivity index (χ1v) is 22.4. The molecule has 6 saturated heterocycles. The zero-order chi connectivity index (χ0) is 32.8. The van der Waals surface area contributed by atoms with Crippen molar-refractivity contribution >= 4 is 0 Å². The van der Waals surface area contributed by atoms with Crippen molar-refractivity contribution in [2.45, 2.75) is 190 Å². The fourth-order valence-corrected chi connectivity index (χ4v) is 15.0. The number of rotatable bonds is 0. The maximum Gasteiger partial charge on any atom is 0.0628 e. The van der Waals surface area contributed by atoms with Crippen LogP contribution in [-0.4, -0.2) is 61.7 Å². The van der Waals surface area contributed by atoms with Crippen LogP contribution in [0.15, 0.2) is 0 Å². The van der Waals surface area contributed by atoms with Gasteiger partial charge >= 0.3 is 0 Å². The molecule has 0 aromatic heterocycles. The zero-order valence-corrected chi connectivity index (χ0v) is 30.7. The monoisotopic (exact) mass is 691 g/mol. The van der Waals surface area contributed by atoms with Gasteiger partial charge in [-0.25, -0.2) is 0 Å².